The first kappa shape index (κ1) is 25.6. The number of benzene rings is 3. The van der Waals surface area contributed by atoms with Gasteiger partial charge in [0.1, 0.15) is 28.7 Å². The first-order valence-electron chi connectivity index (χ1n) is 10.7. The van der Waals surface area contributed by atoms with Gasteiger partial charge in [-0.3, -0.25) is 4.79 Å². The second-order valence-electron chi connectivity index (χ2n) is 7.92. The highest BCUT2D eigenvalue weighted by Gasteiger charge is 2.37. The zero-order chi connectivity index (χ0) is 26.2. The summed E-state index contributed by atoms with van der Waals surface area (Å²) in [5.74, 6) is -1.96. The normalized spacial score (nSPS) is 12.9. The zero-order valence-electron chi connectivity index (χ0n) is 18.9. The molecule has 0 amide bonds. The van der Waals surface area contributed by atoms with E-state index in [4.69, 9.17) is 4.74 Å². The van der Waals surface area contributed by atoms with Crippen LogP contribution in [0.25, 0.3) is 17.0 Å². The highest BCUT2D eigenvalue weighted by Crippen LogP contribution is 2.42. The van der Waals surface area contributed by atoms with Crippen molar-refractivity contribution in [3.05, 3.63) is 104 Å². The second-order valence-corrected chi connectivity index (χ2v) is 8.77. The lowest BCUT2D eigenvalue weighted by Crippen LogP contribution is -2.17. The Labute approximate surface area is 210 Å². The molecule has 0 unspecified atom stereocenters. The van der Waals surface area contributed by atoms with Crippen molar-refractivity contribution in [1.82, 2.24) is 9.55 Å². The third-order valence-electron chi connectivity index (χ3n) is 5.57. The van der Waals surface area contributed by atoms with Gasteiger partial charge in [0.2, 0.25) is 0 Å². The van der Waals surface area contributed by atoms with Gasteiger partial charge in [-0.25, -0.2) is 8.78 Å². The molecular weight excluding hydrogens is 547 g/mol. The SMILES string of the molecule is C/C=C/c1cc(F)cc(F)c1[C@@H](C)n1cnc(=O)c2cc(Oc3cccc(Br)c3C(F)(F)F)ccc21. The average molecular weight is 565 g/mol. The number of halogens is 6. The van der Waals surface area contributed by atoms with Crippen LogP contribution in [0.5, 0.6) is 11.5 Å². The van der Waals surface area contributed by atoms with Crippen molar-refractivity contribution in [2.24, 2.45) is 0 Å². The van der Waals surface area contributed by atoms with Gasteiger partial charge in [0.15, 0.2) is 0 Å². The van der Waals surface area contributed by atoms with Crippen LogP contribution in [0.1, 0.15) is 36.6 Å². The van der Waals surface area contributed by atoms with E-state index in [1.54, 1.807) is 26.0 Å². The maximum atomic E-state index is 14.8. The molecular formula is C26H18BrF5N2O2. The first-order valence-corrected chi connectivity index (χ1v) is 11.5. The van der Waals surface area contributed by atoms with Crippen LogP contribution in [0.15, 0.2) is 70.2 Å². The quantitative estimate of drug-likeness (QED) is 0.231. The smallest absolute Gasteiger partial charge is 0.421 e. The predicted octanol–water partition coefficient (Wildman–Crippen LogP) is 7.89. The molecule has 0 spiro atoms. The van der Waals surface area contributed by atoms with Crippen LogP contribution < -0.4 is 10.3 Å². The van der Waals surface area contributed by atoms with E-state index in [9.17, 15) is 26.7 Å². The fraction of sp³-hybridized carbons (Fsp3) is 0.154. The number of ether oxygens (including phenoxy) is 1. The second kappa shape index (κ2) is 9.85. The predicted molar refractivity (Wildman–Crippen MR) is 130 cm³/mol. The van der Waals surface area contributed by atoms with E-state index < -0.39 is 40.7 Å². The fourth-order valence-corrected chi connectivity index (χ4v) is 4.60. The third-order valence-corrected chi connectivity index (χ3v) is 6.23. The van der Waals surface area contributed by atoms with Gasteiger partial charge >= 0.3 is 6.18 Å². The molecule has 0 N–H and O–H groups in total. The van der Waals surface area contributed by atoms with Crippen molar-refractivity contribution in [2.45, 2.75) is 26.1 Å². The number of nitrogens with zero attached hydrogens (tertiary/aromatic N) is 2. The minimum absolute atomic E-state index is 0.0158. The maximum Gasteiger partial charge on any atom is 0.421 e. The molecule has 10 heteroatoms. The lowest BCUT2D eigenvalue weighted by Gasteiger charge is -2.21. The molecule has 1 heterocycles. The van der Waals surface area contributed by atoms with E-state index in [0.717, 1.165) is 6.07 Å². The largest absolute Gasteiger partial charge is 0.457 e. The number of alkyl halides is 3. The molecule has 186 valence electrons. The minimum atomic E-state index is -4.68. The highest BCUT2D eigenvalue weighted by molar-refractivity contribution is 9.10. The molecule has 4 aromatic rings. The molecule has 3 aromatic carbocycles. The van der Waals surface area contributed by atoms with Crippen LogP contribution in [-0.4, -0.2) is 9.55 Å². The highest BCUT2D eigenvalue weighted by atomic mass is 79.9. The average Bonchev–Trinajstić information content (AvgIpc) is 2.78. The Hall–Kier alpha value is -3.53. The molecule has 0 bridgehead atoms. The molecule has 36 heavy (non-hydrogen) atoms. The van der Waals surface area contributed by atoms with Gasteiger partial charge in [-0.2, -0.15) is 18.2 Å². The Kier molecular flexibility index (Phi) is 6.99. The summed E-state index contributed by atoms with van der Waals surface area (Å²) in [5.41, 5.74) is -0.785. The maximum absolute atomic E-state index is 14.8. The standard InChI is InChI=1S/C26H18BrF5N2O2/c1-3-5-15-10-16(28)11-20(29)23(15)14(2)34-13-33-25(35)18-12-17(8-9-21(18)34)36-22-7-4-6-19(27)24(22)26(30,31)32/h3-14H,1-2H3/b5-3+/t14-/m1/s1. The summed E-state index contributed by atoms with van der Waals surface area (Å²) in [4.78, 5) is 16.4. The van der Waals surface area contributed by atoms with Gasteiger partial charge in [0.25, 0.3) is 5.56 Å². The van der Waals surface area contributed by atoms with Crippen LogP contribution in [-0.2, 0) is 6.18 Å². The molecule has 0 aliphatic heterocycles. The summed E-state index contributed by atoms with van der Waals surface area (Å²) in [6.45, 7) is 3.38. The summed E-state index contributed by atoms with van der Waals surface area (Å²) in [7, 11) is 0. The molecule has 0 saturated carbocycles. The van der Waals surface area contributed by atoms with Crippen molar-refractivity contribution in [2.75, 3.05) is 0 Å². The molecule has 0 aliphatic rings. The first-order chi connectivity index (χ1) is 17.0. The van der Waals surface area contributed by atoms with Crippen LogP contribution in [0.4, 0.5) is 22.0 Å². The number of aromatic nitrogens is 2. The molecule has 4 nitrogen and oxygen atoms in total. The number of rotatable bonds is 5. The van der Waals surface area contributed by atoms with E-state index in [0.29, 0.717) is 11.1 Å². The summed E-state index contributed by atoms with van der Waals surface area (Å²) in [6, 6.07) is 9.24. The van der Waals surface area contributed by atoms with Crippen LogP contribution in [0, 0.1) is 11.6 Å². The lowest BCUT2D eigenvalue weighted by atomic mass is 9.99. The Morgan fingerprint density at radius 1 is 1.11 bits per heavy atom. The summed E-state index contributed by atoms with van der Waals surface area (Å²) in [6.07, 6.45) is -0.223. The van der Waals surface area contributed by atoms with Gasteiger partial charge < -0.3 is 9.30 Å². The van der Waals surface area contributed by atoms with Crippen molar-refractivity contribution in [1.29, 1.82) is 0 Å². The van der Waals surface area contributed by atoms with E-state index in [-0.39, 0.29) is 21.2 Å². The van der Waals surface area contributed by atoms with Gasteiger partial charge in [-0.15, -0.1) is 0 Å². The number of allylic oxidation sites excluding steroid dienone is 1. The van der Waals surface area contributed by atoms with Crippen LogP contribution in [0.2, 0.25) is 0 Å². The fourth-order valence-electron chi connectivity index (χ4n) is 4.02. The number of hydrogen-bond acceptors (Lipinski definition) is 3. The van der Waals surface area contributed by atoms with E-state index >= 15 is 0 Å². The van der Waals surface area contributed by atoms with Crippen molar-refractivity contribution >= 4 is 32.9 Å². The molecule has 1 atom stereocenters. The molecule has 0 fully saturated rings. The van der Waals surface area contributed by atoms with Crippen molar-refractivity contribution in [3.63, 3.8) is 0 Å². The van der Waals surface area contributed by atoms with Gasteiger partial charge in [-0.1, -0.05) is 34.1 Å². The molecule has 4 rings (SSSR count). The van der Waals surface area contributed by atoms with Crippen molar-refractivity contribution < 1.29 is 26.7 Å². The Bertz CT molecular complexity index is 1550. The Morgan fingerprint density at radius 2 is 1.86 bits per heavy atom. The molecule has 0 radical (unpaired) electrons. The third kappa shape index (κ3) is 4.90. The summed E-state index contributed by atoms with van der Waals surface area (Å²) >= 11 is 2.90. The minimum Gasteiger partial charge on any atom is -0.457 e. The zero-order valence-corrected chi connectivity index (χ0v) is 20.5. The monoisotopic (exact) mass is 564 g/mol. The van der Waals surface area contributed by atoms with Gasteiger partial charge in [0, 0.05) is 16.1 Å². The van der Waals surface area contributed by atoms with E-state index in [2.05, 4.69) is 20.9 Å². The topological polar surface area (TPSA) is 44.1 Å². The van der Waals surface area contributed by atoms with Crippen LogP contribution in [0.3, 0.4) is 0 Å². The molecule has 0 saturated heterocycles. The lowest BCUT2D eigenvalue weighted by molar-refractivity contribution is -0.139. The van der Waals surface area contributed by atoms with Crippen molar-refractivity contribution in [3.8, 4) is 11.5 Å². The van der Waals surface area contributed by atoms with Gasteiger partial charge in [0.05, 0.1) is 23.3 Å². The summed E-state index contributed by atoms with van der Waals surface area (Å²) < 4.78 is 76.2. The van der Waals surface area contributed by atoms with E-state index in [1.807, 2.05) is 0 Å². The van der Waals surface area contributed by atoms with Crippen LogP contribution >= 0.6 is 15.9 Å². The molecule has 1 aromatic heterocycles. The number of hydrogen-bond donors (Lipinski definition) is 0. The van der Waals surface area contributed by atoms with Gasteiger partial charge in [-0.05, 0) is 55.8 Å². The Balaban J connectivity index is 1.82. The molecule has 0 aliphatic carbocycles. The Morgan fingerprint density at radius 3 is 2.56 bits per heavy atom. The van der Waals surface area contributed by atoms with E-state index in [1.165, 1.54) is 53.4 Å². The summed E-state index contributed by atoms with van der Waals surface area (Å²) in [5, 5.41) is 0.0560. The number of fused-ring (bicyclic) bond motifs is 1.